The summed E-state index contributed by atoms with van der Waals surface area (Å²) in [6.45, 7) is 11.8. The summed E-state index contributed by atoms with van der Waals surface area (Å²) in [6, 6.07) is 14.5. The minimum atomic E-state index is -5.17. The summed E-state index contributed by atoms with van der Waals surface area (Å²) < 4.78 is 73.3. The van der Waals surface area contributed by atoms with Gasteiger partial charge >= 0.3 is 18.2 Å². The molecule has 6 aromatic rings. The van der Waals surface area contributed by atoms with Crippen molar-refractivity contribution in [3.8, 4) is 11.5 Å². The Hall–Kier alpha value is -6.02. The average Bonchev–Trinajstić information content (AvgIpc) is 4.02. The second kappa shape index (κ2) is 15.9. The number of nitrogens with zero attached hydrogens (tertiary/aromatic N) is 2. The Labute approximate surface area is 369 Å². The average molecular weight is 924 g/mol. The lowest BCUT2D eigenvalue weighted by atomic mass is 9.95. The predicted molar refractivity (Wildman–Crippen MR) is 235 cm³/mol. The van der Waals surface area contributed by atoms with Crippen LogP contribution >= 0.6 is 11.6 Å². The normalized spacial score (nSPS) is 18.2. The molecule has 2 aliphatic rings. The van der Waals surface area contributed by atoms with Crippen LogP contribution in [0.4, 0.5) is 29.3 Å². The van der Waals surface area contributed by atoms with Crippen molar-refractivity contribution >= 4 is 87.9 Å². The van der Waals surface area contributed by atoms with Gasteiger partial charge in [-0.1, -0.05) is 32.9 Å². The van der Waals surface area contributed by atoms with Crippen molar-refractivity contribution in [2.45, 2.75) is 63.7 Å². The molecule has 0 aliphatic carbocycles. The molecule has 64 heavy (non-hydrogen) atoms. The molecule has 338 valence electrons. The van der Waals surface area contributed by atoms with E-state index in [1.54, 1.807) is 49.4 Å². The highest BCUT2D eigenvalue weighted by atomic mass is 35.5. The number of alkyl halides is 4. The molecule has 1 saturated heterocycles. The first-order valence-electron chi connectivity index (χ1n) is 20.2. The summed E-state index contributed by atoms with van der Waals surface area (Å²) in [6.07, 6.45) is -6.13. The van der Waals surface area contributed by atoms with Crippen LogP contribution in [0.5, 0.6) is 11.5 Å². The quantitative estimate of drug-likeness (QED) is 0.0803. The maximum atomic E-state index is 14.6. The molecule has 1 unspecified atom stereocenters. The number of methoxy groups -OCH3 is 1. The van der Waals surface area contributed by atoms with Gasteiger partial charge in [-0.15, -0.1) is 11.6 Å². The molecule has 20 heteroatoms. The van der Waals surface area contributed by atoms with Gasteiger partial charge in [0.1, 0.15) is 11.4 Å². The smallest absolute Gasteiger partial charge is 0.432 e. The van der Waals surface area contributed by atoms with Gasteiger partial charge in [-0.2, -0.15) is 13.2 Å². The number of carboxylic acid groups (broad SMARTS) is 1. The van der Waals surface area contributed by atoms with E-state index in [2.05, 4.69) is 36.1 Å². The Balaban J connectivity index is 1.14. The number of para-hydroxylation sites is 1. The van der Waals surface area contributed by atoms with Crippen molar-refractivity contribution in [3.05, 3.63) is 82.9 Å². The minimum Gasteiger partial charge on any atom is -0.493 e. The third-order valence-corrected chi connectivity index (χ3v) is 17.1. The monoisotopic (exact) mass is 923 g/mol. The number of anilines is 2. The van der Waals surface area contributed by atoms with E-state index in [1.165, 1.54) is 29.0 Å². The van der Waals surface area contributed by atoms with Crippen LogP contribution in [0.15, 0.2) is 59.0 Å². The molecule has 2 atom stereocenters. The number of aromatic amines is 2. The Kier molecular flexibility index (Phi) is 11.1. The minimum absolute atomic E-state index is 0.00308. The number of carbonyl (C=O) groups is 4. The van der Waals surface area contributed by atoms with Crippen molar-refractivity contribution in [2.24, 2.45) is 0 Å². The van der Waals surface area contributed by atoms with Gasteiger partial charge in [0.05, 0.1) is 37.0 Å². The number of halogens is 4. The van der Waals surface area contributed by atoms with Crippen LogP contribution in [0.25, 0.3) is 32.8 Å². The fourth-order valence-electron chi connectivity index (χ4n) is 8.11. The fourth-order valence-corrected chi connectivity index (χ4v) is 9.87. The number of benzene rings is 3. The molecule has 0 bridgehead atoms. The molecule has 3 amide bonds. The van der Waals surface area contributed by atoms with Gasteiger partial charge in [0.25, 0.3) is 11.8 Å². The number of rotatable bonds is 9. The zero-order chi connectivity index (χ0) is 46.3. The topological polar surface area (TPSA) is 189 Å². The van der Waals surface area contributed by atoms with Crippen LogP contribution in [-0.2, 0) is 15.3 Å². The first kappa shape index (κ1) is 44.6. The van der Waals surface area contributed by atoms with Gasteiger partial charge in [0.15, 0.2) is 36.9 Å². The van der Waals surface area contributed by atoms with Crippen molar-refractivity contribution in [1.82, 2.24) is 14.9 Å². The number of ether oxygens (including phenoxy) is 3. The third-order valence-electron chi connectivity index (χ3n) is 12.1. The van der Waals surface area contributed by atoms with E-state index < -0.39 is 78.0 Å². The number of hydrogen-bond donors (Lipinski definition) is 4. The first-order valence-corrected chi connectivity index (χ1v) is 23.7. The lowest BCUT2D eigenvalue weighted by molar-refractivity contribution is -0.210. The first-order chi connectivity index (χ1) is 30.0. The number of nitrogens with one attached hydrogen (secondary N) is 3. The van der Waals surface area contributed by atoms with E-state index in [9.17, 15) is 37.5 Å². The number of furan rings is 1. The van der Waals surface area contributed by atoms with Crippen molar-refractivity contribution in [1.29, 1.82) is 0 Å². The van der Waals surface area contributed by atoms with Gasteiger partial charge in [-0.3, -0.25) is 9.59 Å². The van der Waals surface area contributed by atoms with Gasteiger partial charge < -0.3 is 53.2 Å². The van der Waals surface area contributed by atoms with E-state index in [0.29, 0.717) is 33.3 Å². The largest absolute Gasteiger partial charge is 0.493 e. The van der Waals surface area contributed by atoms with Crippen molar-refractivity contribution in [2.75, 3.05) is 49.4 Å². The second-order valence-corrected chi connectivity index (χ2v) is 22.6. The molecular formula is C44H45ClF3N5O10Si. The Bertz CT molecular complexity index is 2880. The lowest BCUT2D eigenvalue weighted by Gasteiger charge is -2.47. The number of fused-ring (bicyclic) bond motifs is 5. The van der Waals surface area contributed by atoms with Crippen LogP contribution in [0.3, 0.4) is 0 Å². The number of aromatic nitrogens is 2. The zero-order valence-corrected chi connectivity index (χ0v) is 37.6. The summed E-state index contributed by atoms with van der Waals surface area (Å²) in [5.74, 6) is -5.27. The fraction of sp³-hybridized carbons (Fsp3) is 0.364. The van der Waals surface area contributed by atoms with Crippen LogP contribution in [-0.4, -0.2) is 97.2 Å². The lowest BCUT2D eigenvalue weighted by Crippen LogP contribution is -2.59. The van der Waals surface area contributed by atoms with E-state index in [-0.39, 0.29) is 59.9 Å². The van der Waals surface area contributed by atoms with Crippen LogP contribution in [0.1, 0.15) is 76.3 Å². The van der Waals surface area contributed by atoms with E-state index in [4.69, 9.17) is 34.7 Å². The Morgan fingerprint density at radius 1 is 1.03 bits per heavy atom. The Morgan fingerprint density at radius 3 is 2.45 bits per heavy atom. The van der Waals surface area contributed by atoms with Crippen LogP contribution < -0.4 is 19.7 Å². The SMILES string of the molecule is COc1cccc2cc(C(=O)Nc3ccc4[nH]c(C(=O)N5C[C@@H](CCl)c6c5cc(OC(=O)N5CCOC(C)(O[Si](C)(C)C(C)(C)C)C5)c5[nH]c(C(F)(F)F)c(C(=O)O)c65)cc4c3)oc12. The second-order valence-electron chi connectivity index (χ2n) is 17.6. The molecule has 8 rings (SSSR count). The maximum absolute atomic E-state index is 14.6. The summed E-state index contributed by atoms with van der Waals surface area (Å²) in [7, 11) is -0.935. The molecule has 1 fully saturated rings. The molecule has 4 N–H and O–H groups in total. The summed E-state index contributed by atoms with van der Waals surface area (Å²) in [5.41, 5.74) is -1.66. The van der Waals surface area contributed by atoms with E-state index in [1.807, 2.05) is 13.1 Å². The van der Waals surface area contributed by atoms with E-state index in [0.717, 1.165) is 0 Å². The zero-order valence-electron chi connectivity index (χ0n) is 35.8. The predicted octanol–water partition coefficient (Wildman–Crippen LogP) is 9.93. The molecule has 5 heterocycles. The summed E-state index contributed by atoms with van der Waals surface area (Å²) in [5, 5.41) is 13.7. The number of H-pyrrole nitrogens is 2. The number of morpholine rings is 1. The number of aromatic carboxylic acids is 1. The van der Waals surface area contributed by atoms with Crippen molar-refractivity contribution in [3.63, 3.8) is 0 Å². The molecule has 0 saturated carbocycles. The number of hydrogen-bond acceptors (Lipinski definition) is 9. The molecule has 3 aromatic heterocycles. The summed E-state index contributed by atoms with van der Waals surface area (Å²) >= 11 is 6.43. The highest BCUT2D eigenvalue weighted by molar-refractivity contribution is 6.74. The molecule has 0 radical (unpaired) electrons. The maximum Gasteiger partial charge on any atom is 0.432 e. The van der Waals surface area contributed by atoms with Gasteiger partial charge in [0, 0.05) is 58.3 Å². The molecule has 15 nitrogen and oxygen atoms in total. The van der Waals surface area contributed by atoms with Crippen molar-refractivity contribution < 1.29 is 60.5 Å². The standard InChI is InChI=1S/C44H45ClF3N5O10Si/c1-42(2,3)64(6,7)63-43(4)21-52(13-14-60-43)41(58)62-30-18-28-32(33-34(40(56)57)37(44(46,47)48)51-35(30)33)24(19-45)20-53(28)39(55)27-16-23-15-25(11-12-26(23)50-27)49-38(54)31-17-22-9-8-10-29(59-5)36(22)61-31/h8-12,15-18,24,50-51H,13-14,19-21H2,1-7H3,(H,49,54)(H,56,57)/t24-,43?/m1/s1. The molecular weight excluding hydrogens is 879 g/mol. The number of amides is 3. The number of carboxylic acids is 1. The third kappa shape index (κ3) is 7.94. The summed E-state index contributed by atoms with van der Waals surface area (Å²) in [4.78, 5) is 62.3. The van der Waals surface area contributed by atoms with Crippen LogP contribution in [0, 0.1) is 0 Å². The van der Waals surface area contributed by atoms with E-state index >= 15 is 0 Å². The van der Waals surface area contributed by atoms with Crippen LogP contribution in [0.2, 0.25) is 18.1 Å². The van der Waals surface area contributed by atoms with Gasteiger partial charge in [-0.25, -0.2) is 9.59 Å². The molecule has 2 aliphatic heterocycles. The molecule has 3 aromatic carbocycles. The van der Waals surface area contributed by atoms with Gasteiger partial charge in [-0.05, 0) is 67.0 Å². The van der Waals surface area contributed by atoms with Gasteiger partial charge in [0.2, 0.25) is 0 Å². The Morgan fingerprint density at radius 2 is 1.78 bits per heavy atom. The molecule has 0 spiro atoms. The highest BCUT2D eigenvalue weighted by Crippen LogP contribution is 2.50. The highest BCUT2D eigenvalue weighted by Gasteiger charge is 2.47. The number of carbonyl (C=O) groups excluding carboxylic acids is 3.